The number of benzene rings is 1. The average Bonchev–Trinajstić information content (AvgIpc) is 2.36. The summed E-state index contributed by atoms with van der Waals surface area (Å²) in [7, 11) is 0. The number of nitro groups is 1. The van der Waals surface area contributed by atoms with Crippen LogP contribution in [-0.2, 0) is 6.54 Å². The monoisotopic (exact) mass is 325 g/mol. The summed E-state index contributed by atoms with van der Waals surface area (Å²) >= 11 is 3.24. The molecule has 0 aliphatic carbocycles. The second-order valence-corrected chi connectivity index (χ2v) is 4.57. The molecule has 0 saturated heterocycles. The Hall–Kier alpha value is -2.02. The van der Waals surface area contributed by atoms with E-state index >= 15 is 0 Å². The third kappa shape index (κ3) is 3.72. The molecule has 0 bridgehead atoms. The van der Waals surface area contributed by atoms with Crippen LogP contribution in [0.15, 0.2) is 41.0 Å². The van der Waals surface area contributed by atoms with Crippen molar-refractivity contribution < 1.29 is 9.31 Å². The first kappa shape index (κ1) is 13.4. The van der Waals surface area contributed by atoms with Gasteiger partial charge in [-0.3, -0.25) is 10.1 Å². The molecule has 0 amide bonds. The van der Waals surface area contributed by atoms with E-state index in [1.54, 1.807) is 12.1 Å². The van der Waals surface area contributed by atoms with Gasteiger partial charge in [-0.1, -0.05) is 6.07 Å². The minimum Gasteiger partial charge on any atom is -0.379 e. The summed E-state index contributed by atoms with van der Waals surface area (Å²) in [6, 6.07) is 8.76. The van der Waals surface area contributed by atoms with E-state index in [-0.39, 0.29) is 5.69 Å². The summed E-state index contributed by atoms with van der Waals surface area (Å²) in [5.74, 6) is -0.654. The molecule has 5 nitrogen and oxygen atoms in total. The van der Waals surface area contributed by atoms with Crippen LogP contribution in [0.3, 0.4) is 0 Å². The predicted octanol–water partition coefficient (Wildman–Crippen LogP) is 3.50. The second-order valence-electron chi connectivity index (χ2n) is 3.76. The summed E-state index contributed by atoms with van der Waals surface area (Å²) in [4.78, 5) is 14.2. The molecular formula is C12H9BrFN3O2. The number of aromatic nitrogens is 1. The van der Waals surface area contributed by atoms with E-state index in [1.165, 1.54) is 12.1 Å². The molecule has 0 saturated carbocycles. The Kier molecular flexibility index (Phi) is 4.06. The molecule has 0 atom stereocenters. The Bertz CT molecular complexity index is 622. The summed E-state index contributed by atoms with van der Waals surface area (Å²) in [5.41, 5.74) is 0.791. The number of nitrogens with zero attached hydrogens (tertiary/aromatic N) is 2. The van der Waals surface area contributed by atoms with Crippen molar-refractivity contribution in [1.29, 1.82) is 0 Å². The van der Waals surface area contributed by atoms with Crippen LogP contribution in [0.4, 0.5) is 15.8 Å². The lowest BCUT2D eigenvalue weighted by molar-refractivity contribution is -0.385. The zero-order chi connectivity index (χ0) is 13.8. The zero-order valence-electron chi connectivity index (χ0n) is 9.64. The number of non-ortho nitro benzene ring substituents is 1. The molecule has 1 aromatic carbocycles. The average molecular weight is 326 g/mol. The van der Waals surface area contributed by atoms with Crippen LogP contribution >= 0.6 is 15.9 Å². The van der Waals surface area contributed by atoms with Crippen LogP contribution in [-0.4, -0.2) is 9.91 Å². The van der Waals surface area contributed by atoms with Crippen LogP contribution in [0.25, 0.3) is 0 Å². The highest BCUT2D eigenvalue weighted by Gasteiger charge is 2.09. The molecule has 0 unspecified atom stereocenters. The van der Waals surface area contributed by atoms with E-state index in [4.69, 9.17) is 0 Å². The molecule has 1 aromatic heterocycles. The molecule has 1 N–H and O–H groups in total. The minimum absolute atomic E-state index is 0.287. The van der Waals surface area contributed by atoms with Crippen LogP contribution < -0.4 is 5.32 Å². The maximum Gasteiger partial charge on any atom is 0.274 e. The highest BCUT2D eigenvalue weighted by Crippen LogP contribution is 2.20. The van der Waals surface area contributed by atoms with Gasteiger partial charge in [0.05, 0.1) is 23.2 Å². The van der Waals surface area contributed by atoms with Gasteiger partial charge in [0, 0.05) is 11.8 Å². The van der Waals surface area contributed by atoms with Crippen LogP contribution in [0, 0.1) is 15.9 Å². The lowest BCUT2D eigenvalue weighted by Gasteiger charge is -2.06. The molecule has 19 heavy (non-hydrogen) atoms. The normalized spacial score (nSPS) is 10.2. The van der Waals surface area contributed by atoms with Gasteiger partial charge < -0.3 is 5.32 Å². The fraction of sp³-hybridized carbons (Fsp3) is 0.0833. The van der Waals surface area contributed by atoms with Gasteiger partial charge in [0.15, 0.2) is 0 Å². The van der Waals surface area contributed by atoms with Crippen molar-refractivity contribution >= 4 is 27.3 Å². The van der Waals surface area contributed by atoms with E-state index in [0.29, 0.717) is 16.8 Å². The SMILES string of the molecule is O=[N+]([O-])c1cc(F)cc(NCc2cccc(Br)n2)c1. The van der Waals surface area contributed by atoms with Crippen LogP contribution in [0.1, 0.15) is 5.69 Å². The second kappa shape index (κ2) is 5.75. The topological polar surface area (TPSA) is 68.1 Å². The van der Waals surface area contributed by atoms with E-state index in [0.717, 1.165) is 11.8 Å². The Balaban J connectivity index is 2.13. The highest BCUT2D eigenvalue weighted by atomic mass is 79.9. The first-order chi connectivity index (χ1) is 9.04. The largest absolute Gasteiger partial charge is 0.379 e. The fourth-order valence-corrected chi connectivity index (χ4v) is 1.90. The van der Waals surface area contributed by atoms with Gasteiger partial charge >= 0.3 is 0 Å². The molecule has 2 rings (SSSR count). The number of hydrogen-bond donors (Lipinski definition) is 1. The van der Waals surface area contributed by atoms with Gasteiger partial charge in [-0.05, 0) is 34.1 Å². The molecule has 0 fully saturated rings. The molecule has 0 radical (unpaired) electrons. The van der Waals surface area contributed by atoms with Crippen molar-refractivity contribution in [3.63, 3.8) is 0 Å². The standard InChI is InChI=1S/C12H9BrFN3O2/c13-12-3-1-2-9(16-12)7-15-10-4-8(14)5-11(6-10)17(18)19/h1-6,15H,7H2. The molecular weight excluding hydrogens is 317 g/mol. The van der Waals surface area contributed by atoms with Crippen molar-refractivity contribution in [1.82, 2.24) is 4.98 Å². The van der Waals surface area contributed by atoms with Crippen molar-refractivity contribution in [2.75, 3.05) is 5.32 Å². The van der Waals surface area contributed by atoms with Crippen molar-refractivity contribution in [2.24, 2.45) is 0 Å². The number of rotatable bonds is 4. The predicted molar refractivity (Wildman–Crippen MR) is 72.3 cm³/mol. The first-order valence-corrected chi connectivity index (χ1v) is 6.14. The molecule has 98 valence electrons. The Labute approximate surface area is 116 Å². The van der Waals surface area contributed by atoms with E-state index in [1.807, 2.05) is 6.07 Å². The third-order valence-corrected chi connectivity index (χ3v) is 2.78. The Morgan fingerprint density at radius 2 is 2.16 bits per heavy atom. The summed E-state index contributed by atoms with van der Waals surface area (Å²) in [5, 5.41) is 13.5. The maximum atomic E-state index is 13.2. The van der Waals surface area contributed by atoms with E-state index < -0.39 is 10.7 Å². The summed E-state index contributed by atoms with van der Waals surface area (Å²) in [6.07, 6.45) is 0. The highest BCUT2D eigenvalue weighted by molar-refractivity contribution is 9.10. The molecule has 2 aromatic rings. The smallest absolute Gasteiger partial charge is 0.274 e. The molecule has 1 heterocycles. The van der Waals surface area contributed by atoms with E-state index in [9.17, 15) is 14.5 Å². The van der Waals surface area contributed by atoms with Crippen molar-refractivity contribution in [3.05, 3.63) is 62.6 Å². The summed E-state index contributed by atoms with van der Waals surface area (Å²) < 4.78 is 13.9. The van der Waals surface area contributed by atoms with Crippen molar-refractivity contribution in [2.45, 2.75) is 6.54 Å². The lowest BCUT2D eigenvalue weighted by atomic mass is 10.2. The van der Waals surface area contributed by atoms with Crippen molar-refractivity contribution in [3.8, 4) is 0 Å². The lowest BCUT2D eigenvalue weighted by Crippen LogP contribution is -2.02. The van der Waals surface area contributed by atoms with Gasteiger partial charge in [-0.25, -0.2) is 9.37 Å². The maximum absolute atomic E-state index is 13.2. The molecule has 0 aliphatic heterocycles. The minimum atomic E-state index is -0.654. The fourth-order valence-electron chi connectivity index (χ4n) is 1.52. The number of hydrogen-bond acceptors (Lipinski definition) is 4. The van der Waals surface area contributed by atoms with Gasteiger partial charge in [0.25, 0.3) is 5.69 Å². The number of halogens is 2. The van der Waals surface area contributed by atoms with Gasteiger partial charge in [0.1, 0.15) is 10.4 Å². The van der Waals surface area contributed by atoms with E-state index in [2.05, 4.69) is 26.2 Å². The van der Waals surface area contributed by atoms with Crippen LogP contribution in [0.2, 0.25) is 0 Å². The Morgan fingerprint density at radius 3 is 2.84 bits per heavy atom. The number of nitrogens with one attached hydrogen (secondary N) is 1. The number of nitro benzene ring substituents is 1. The first-order valence-electron chi connectivity index (χ1n) is 5.35. The quantitative estimate of drug-likeness (QED) is 0.530. The zero-order valence-corrected chi connectivity index (χ0v) is 11.2. The van der Waals surface area contributed by atoms with Crippen LogP contribution in [0.5, 0.6) is 0 Å². The Morgan fingerprint density at radius 1 is 1.37 bits per heavy atom. The van der Waals surface area contributed by atoms with Gasteiger partial charge in [0.2, 0.25) is 0 Å². The van der Waals surface area contributed by atoms with Gasteiger partial charge in [-0.2, -0.15) is 0 Å². The third-order valence-electron chi connectivity index (χ3n) is 2.34. The number of anilines is 1. The molecule has 7 heteroatoms. The number of pyridine rings is 1. The molecule has 0 aliphatic rings. The summed E-state index contributed by atoms with van der Waals surface area (Å²) in [6.45, 7) is 0.347. The van der Waals surface area contributed by atoms with Gasteiger partial charge in [-0.15, -0.1) is 0 Å². The molecule has 0 spiro atoms.